The molecule has 1 heteroatoms. The molecule has 0 amide bonds. The van der Waals surface area contributed by atoms with Crippen molar-refractivity contribution in [3.8, 4) is 0 Å². The van der Waals surface area contributed by atoms with Gasteiger partial charge in [0.25, 0.3) is 0 Å². The Kier molecular flexibility index (Phi) is 7.59. The van der Waals surface area contributed by atoms with Crippen molar-refractivity contribution in [1.29, 1.82) is 0 Å². The van der Waals surface area contributed by atoms with Crippen molar-refractivity contribution < 1.29 is 4.74 Å². The Morgan fingerprint density at radius 2 is 1.16 bits per heavy atom. The predicted molar refractivity (Wildman–Crippen MR) is 130 cm³/mol. The molecule has 4 rings (SSSR count). The van der Waals surface area contributed by atoms with E-state index in [0.717, 1.165) is 12.5 Å². The third-order valence-corrected chi connectivity index (χ3v) is 6.94. The fraction of sp³-hybridized carbons (Fsp3) is 0.400. The van der Waals surface area contributed by atoms with Crippen LogP contribution in [0.1, 0.15) is 68.6 Å². The molecule has 1 saturated carbocycles. The van der Waals surface area contributed by atoms with Gasteiger partial charge in [-0.05, 0) is 41.4 Å². The Bertz CT molecular complexity index is 791. The van der Waals surface area contributed by atoms with Gasteiger partial charge in [-0.25, -0.2) is 0 Å². The largest absolute Gasteiger partial charge is 0.361 e. The van der Waals surface area contributed by atoms with Gasteiger partial charge in [0.05, 0.1) is 6.61 Å². The molecule has 0 aromatic heterocycles. The second-order valence-corrected chi connectivity index (χ2v) is 9.13. The van der Waals surface area contributed by atoms with Crippen LogP contribution >= 0.6 is 0 Å². The molecule has 0 spiro atoms. The summed E-state index contributed by atoms with van der Waals surface area (Å²) < 4.78 is 7.05. The zero-order chi connectivity index (χ0) is 21.4. The van der Waals surface area contributed by atoms with Crippen molar-refractivity contribution >= 4 is 0 Å². The first kappa shape index (κ1) is 21.8. The van der Waals surface area contributed by atoms with Crippen molar-refractivity contribution in [3.05, 3.63) is 108 Å². The molecule has 0 bridgehead atoms. The number of hydrogen-bond acceptors (Lipinski definition) is 1. The molecule has 1 aliphatic rings. The third-order valence-electron chi connectivity index (χ3n) is 6.94. The summed E-state index contributed by atoms with van der Waals surface area (Å²) in [6.07, 6.45) is 9.45. The van der Waals surface area contributed by atoms with Crippen LogP contribution in [0, 0.1) is 11.8 Å². The van der Waals surface area contributed by atoms with Crippen LogP contribution in [0.25, 0.3) is 0 Å². The summed E-state index contributed by atoms with van der Waals surface area (Å²) >= 11 is 0. The number of hydrogen-bond donors (Lipinski definition) is 0. The standard InChI is InChI=1S/C30H36O/c1-2-3-7-14-25-21-22-26(23-25)24-31-30(27-15-8-4-9-16-27,28-17-10-5-11-18-28)29-19-12-6-13-20-29/h4-6,8-13,15-20,25-26H,2-3,7,14,21-24H2,1H3. The van der Waals surface area contributed by atoms with E-state index in [1.807, 2.05) is 0 Å². The van der Waals surface area contributed by atoms with Crippen LogP contribution in [-0.4, -0.2) is 6.61 Å². The van der Waals surface area contributed by atoms with Gasteiger partial charge in [-0.3, -0.25) is 0 Å². The van der Waals surface area contributed by atoms with Gasteiger partial charge in [-0.2, -0.15) is 0 Å². The number of unbranched alkanes of at least 4 members (excludes halogenated alkanes) is 2. The highest BCUT2D eigenvalue weighted by atomic mass is 16.5. The molecule has 3 aromatic rings. The average molecular weight is 413 g/mol. The normalized spacial score (nSPS) is 18.9. The highest BCUT2D eigenvalue weighted by Gasteiger charge is 2.38. The summed E-state index contributed by atoms with van der Waals surface area (Å²) in [5, 5.41) is 0. The summed E-state index contributed by atoms with van der Waals surface area (Å²) in [6, 6.07) is 32.3. The second kappa shape index (κ2) is 10.8. The van der Waals surface area contributed by atoms with Crippen molar-refractivity contribution in [3.63, 3.8) is 0 Å². The van der Waals surface area contributed by atoms with Crippen LogP contribution in [0.4, 0.5) is 0 Å². The van der Waals surface area contributed by atoms with E-state index in [1.54, 1.807) is 0 Å². The summed E-state index contributed by atoms with van der Waals surface area (Å²) in [6.45, 7) is 3.10. The van der Waals surface area contributed by atoms with E-state index < -0.39 is 5.60 Å². The van der Waals surface area contributed by atoms with E-state index in [-0.39, 0.29) is 0 Å². The summed E-state index contributed by atoms with van der Waals surface area (Å²) in [4.78, 5) is 0. The zero-order valence-corrected chi connectivity index (χ0v) is 18.9. The van der Waals surface area contributed by atoms with Gasteiger partial charge in [0.15, 0.2) is 0 Å². The van der Waals surface area contributed by atoms with E-state index in [1.165, 1.54) is 61.6 Å². The molecule has 1 fully saturated rings. The lowest BCUT2D eigenvalue weighted by Gasteiger charge is -2.37. The molecule has 0 N–H and O–H groups in total. The molecular formula is C30H36O. The van der Waals surface area contributed by atoms with Crippen molar-refractivity contribution in [2.75, 3.05) is 6.61 Å². The Labute approximate surface area is 188 Å². The van der Waals surface area contributed by atoms with E-state index in [2.05, 4.69) is 97.9 Å². The van der Waals surface area contributed by atoms with Gasteiger partial charge in [0.2, 0.25) is 0 Å². The molecule has 31 heavy (non-hydrogen) atoms. The Morgan fingerprint density at radius 3 is 1.65 bits per heavy atom. The van der Waals surface area contributed by atoms with Gasteiger partial charge in [-0.15, -0.1) is 0 Å². The lowest BCUT2D eigenvalue weighted by molar-refractivity contribution is -0.00779. The molecule has 0 saturated heterocycles. The third kappa shape index (κ3) is 5.10. The van der Waals surface area contributed by atoms with Crippen molar-refractivity contribution in [2.45, 2.75) is 57.5 Å². The fourth-order valence-electron chi connectivity index (χ4n) is 5.29. The molecule has 1 nitrogen and oxygen atoms in total. The zero-order valence-electron chi connectivity index (χ0n) is 18.9. The van der Waals surface area contributed by atoms with Gasteiger partial charge >= 0.3 is 0 Å². The van der Waals surface area contributed by atoms with Gasteiger partial charge in [0, 0.05) is 0 Å². The van der Waals surface area contributed by atoms with Crippen LogP contribution in [-0.2, 0) is 10.3 Å². The number of benzene rings is 3. The maximum absolute atomic E-state index is 7.05. The lowest BCUT2D eigenvalue weighted by atomic mass is 9.80. The van der Waals surface area contributed by atoms with Crippen LogP contribution in [0.5, 0.6) is 0 Å². The first-order chi connectivity index (χ1) is 15.3. The topological polar surface area (TPSA) is 9.23 Å². The van der Waals surface area contributed by atoms with Crippen LogP contribution in [0.3, 0.4) is 0 Å². The molecule has 162 valence electrons. The smallest absolute Gasteiger partial charge is 0.143 e. The molecule has 1 aliphatic carbocycles. The maximum atomic E-state index is 7.05. The van der Waals surface area contributed by atoms with Gasteiger partial charge in [-0.1, -0.05) is 130 Å². The lowest BCUT2D eigenvalue weighted by Crippen LogP contribution is -2.34. The summed E-state index contributed by atoms with van der Waals surface area (Å²) in [5.41, 5.74) is 3.02. The van der Waals surface area contributed by atoms with Crippen LogP contribution in [0.2, 0.25) is 0 Å². The highest BCUT2D eigenvalue weighted by molar-refractivity contribution is 5.47. The van der Waals surface area contributed by atoms with Crippen LogP contribution < -0.4 is 0 Å². The summed E-state index contributed by atoms with van der Waals surface area (Å²) in [7, 11) is 0. The highest BCUT2D eigenvalue weighted by Crippen LogP contribution is 2.42. The van der Waals surface area contributed by atoms with Gasteiger partial charge in [0.1, 0.15) is 5.60 Å². The van der Waals surface area contributed by atoms with Crippen LogP contribution in [0.15, 0.2) is 91.0 Å². The molecule has 2 unspecified atom stereocenters. The summed E-state index contributed by atoms with van der Waals surface area (Å²) in [5.74, 6) is 1.54. The second-order valence-electron chi connectivity index (χ2n) is 9.13. The van der Waals surface area contributed by atoms with E-state index in [4.69, 9.17) is 4.74 Å². The molecule has 2 atom stereocenters. The minimum Gasteiger partial charge on any atom is -0.361 e. The molecule has 0 heterocycles. The van der Waals surface area contributed by atoms with Crippen molar-refractivity contribution in [1.82, 2.24) is 0 Å². The SMILES string of the molecule is CCCCCC1CCC(COC(c2ccccc2)(c2ccccc2)c2ccccc2)C1. The molecule has 3 aromatic carbocycles. The molecular weight excluding hydrogens is 376 g/mol. The average Bonchev–Trinajstić information content (AvgIpc) is 3.30. The quantitative estimate of drug-likeness (QED) is 0.242. The Morgan fingerprint density at radius 1 is 0.677 bits per heavy atom. The van der Waals surface area contributed by atoms with Gasteiger partial charge < -0.3 is 4.74 Å². The maximum Gasteiger partial charge on any atom is 0.143 e. The molecule has 0 radical (unpaired) electrons. The Hall–Kier alpha value is -2.38. The number of rotatable bonds is 10. The first-order valence-electron chi connectivity index (χ1n) is 12.1. The first-order valence-corrected chi connectivity index (χ1v) is 12.1. The fourth-order valence-corrected chi connectivity index (χ4v) is 5.29. The number of ether oxygens (including phenoxy) is 1. The predicted octanol–water partition coefficient (Wildman–Crippen LogP) is 7.99. The van der Waals surface area contributed by atoms with Crippen molar-refractivity contribution in [2.24, 2.45) is 11.8 Å². The minimum atomic E-state index is -0.579. The minimum absolute atomic E-state index is 0.579. The molecule has 0 aliphatic heterocycles. The van der Waals surface area contributed by atoms with E-state index in [0.29, 0.717) is 5.92 Å². The van der Waals surface area contributed by atoms with E-state index >= 15 is 0 Å². The Balaban J connectivity index is 1.62. The van der Waals surface area contributed by atoms with E-state index in [9.17, 15) is 0 Å². The monoisotopic (exact) mass is 412 g/mol.